The number of hydrogen-bond donors (Lipinski definition) is 1. The number of aryl methyl sites for hydroxylation is 1. The Morgan fingerprint density at radius 1 is 1.75 bits per heavy atom. The van der Waals surface area contributed by atoms with Crippen LogP contribution in [0.1, 0.15) is 23.6 Å². The fourth-order valence-electron chi connectivity index (χ4n) is 1.17. The summed E-state index contributed by atoms with van der Waals surface area (Å²) in [6, 6.07) is 2.01. The molecule has 0 aromatic carbocycles. The highest BCUT2D eigenvalue weighted by atomic mass is 14.7. The predicted octanol–water partition coefficient (Wildman–Crippen LogP) is 1.97. The van der Waals surface area contributed by atoms with Crippen LogP contribution in [0.25, 0.3) is 0 Å². The smallest absolute Gasteiger partial charge is 0.0347 e. The average molecular weight is 162 g/mol. The second-order valence-electron chi connectivity index (χ2n) is 2.86. The molecule has 2 heteroatoms. The van der Waals surface area contributed by atoms with Gasteiger partial charge in [0.2, 0.25) is 0 Å². The van der Waals surface area contributed by atoms with Crippen LogP contribution in [0.4, 0.5) is 0 Å². The van der Waals surface area contributed by atoms with Gasteiger partial charge in [-0.05, 0) is 30.5 Å². The van der Waals surface area contributed by atoms with Gasteiger partial charge in [-0.15, -0.1) is 6.58 Å². The van der Waals surface area contributed by atoms with Crippen LogP contribution in [0.3, 0.4) is 0 Å². The van der Waals surface area contributed by atoms with E-state index < -0.39 is 0 Å². The van der Waals surface area contributed by atoms with Gasteiger partial charge in [-0.1, -0.05) is 6.08 Å². The van der Waals surface area contributed by atoms with E-state index in [1.54, 1.807) is 6.20 Å². The maximum atomic E-state index is 5.90. The molecule has 1 aromatic rings. The molecule has 2 N–H and O–H groups in total. The molecule has 0 fully saturated rings. The lowest BCUT2D eigenvalue weighted by atomic mass is 10.0. The second kappa shape index (κ2) is 4.02. The first-order chi connectivity index (χ1) is 5.75. The van der Waals surface area contributed by atoms with Crippen molar-refractivity contribution in [1.29, 1.82) is 0 Å². The fourth-order valence-corrected chi connectivity index (χ4v) is 1.17. The maximum Gasteiger partial charge on any atom is 0.0347 e. The van der Waals surface area contributed by atoms with Gasteiger partial charge in [-0.3, -0.25) is 4.98 Å². The van der Waals surface area contributed by atoms with Gasteiger partial charge in [0.25, 0.3) is 0 Å². The van der Waals surface area contributed by atoms with Crippen molar-refractivity contribution >= 4 is 0 Å². The van der Waals surface area contributed by atoms with Crippen LogP contribution in [-0.4, -0.2) is 4.98 Å². The lowest BCUT2D eigenvalue weighted by molar-refractivity contribution is 0.731. The summed E-state index contributed by atoms with van der Waals surface area (Å²) >= 11 is 0. The minimum atomic E-state index is 0.0381. The van der Waals surface area contributed by atoms with Gasteiger partial charge in [0.15, 0.2) is 0 Å². The van der Waals surface area contributed by atoms with Crippen molar-refractivity contribution in [2.45, 2.75) is 19.4 Å². The third-order valence-corrected chi connectivity index (χ3v) is 1.90. The Morgan fingerprint density at radius 3 is 3.08 bits per heavy atom. The Bertz CT molecular complexity index is 268. The van der Waals surface area contributed by atoms with Crippen molar-refractivity contribution in [2.75, 3.05) is 0 Å². The van der Waals surface area contributed by atoms with Crippen LogP contribution in [0.15, 0.2) is 31.1 Å². The summed E-state index contributed by atoms with van der Waals surface area (Å²) in [5.41, 5.74) is 8.20. The van der Waals surface area contributed by atoms with E-state index in [0.717, 1.165) is 12.0 Å². The maximum absolute atomic E-state index is 5.90. The quantitative estimate of drug-likeness (QED) is 0.690. The molecule has 0 saturated heterocycles. The van der Waals surface area contributed by atoms with E-state index in [-0.39, 0.29) is 6.04 Å². The van der Waals surface area contributed by atoms with E-state index in [2.05, 4.69) is 11.6 Å². The van der Waals surface area contributed by atoms with E-state index in [9.17, 15) is 0 Å². The highest BCUT2D eigenvalue weighted by Crippen LogP contribution is 2.16. The zero-order chi connectivity index (χ0) is 8.97. The summed E-state index contributed by atoms with van der Waals surface area (Å²) in [4.78, 5) is 4.03. The largest absolute Gasteiger partial charge is 0.324 e. The molecule has 1 aromatic heterocycles. The Labute approximate surface area is 73.1 Å². The van der Waals surface area contributed by atoms with E-state index in [0.29, 0.717) is 0 Å². The molecule has 1 heterocycles. The lowest BCUT2D eigenvalue weighted by Gasteiger charge is -2.11. The van der Waals surface area contributed by atoms with Crippen LogP contribution < -0.4 is 5.73 Å². The normalized spacial score (nSPS) is 12.5. The molecule has 0 saturated carbocycles. The number of aromatic nitrogens is 1. The van der Waals surface area contributed by atoms with Crippen LogP contribution in [0.2, 0.25) is 0 Å². The fraction of sp³-hybridized carbons (Fsp3) is 0.300. The van der Waals surface area contributed by atoms with Gasteiger partial charge in [-0.25, -0.2) is 0 Å². The zero-order valence-electron chi connectivity index (χ0n) is 7.33. The van der Waals surface area contributed by atoms with Crippen LogP contribution in [-0.2, 0) is 0 Å². The molecule has 1 unspecified atom stereocenters. The summed E-state index contributed by atoms with van der Waals surface area (Å²) in [7, 11) is 0. The molecule has 2 nitrogen and oxygen atoms in total. The monoisotopic (exact) mass is 162 g/mol. The van der Waals surface area contributed by atoms with Gasteiger partial charge in [0.1, 0.15) is 0 Å². The summed E-state index contributed by atoms with van der Waals surface area (Å²) < 4.78 is 0. The van der Waals surface area contributed by atoms with E-state index in [4.69, 9.17) is 5.73 Å². The Hall–Kier alpha value is -1.15. The lowest BCUT2D eigenvalue weighted by Crippen LogP contribution is -2.10. The number of nitrogens with zero attached hydrogens (tertiary/aromatic N) is 1. The first-order valence-corrected chi connectivity index (χ1v) is 4.02. The van der Waals surface area contributed by atoms with Crippen molar-refractivity contribution in [3.05, 3.63) is 42.2 Å². The minimum absolute atomic E-state index is 0.0381. The van der Waals surface area contributed by atoms with Crippen molar-refractivity contribution in [3.63, 3.8) is 0 Å². The number of rotatable bonds is 3. The molecule has 0 radical (unpaired) electrons. The SMILES string of the molecule is C=CCC(N)c1cnccc1C. The predicted molar refractivity (Wildman–Crippen MR) is 50.7 cm³/mol. The first-order valence-electron chi connectivity index (χ1n) is 4.02. The summed E-state index contributed by atoms with van der Waals surface area (Å²) in [5.74, 6) is 0. The van der Waals surface area contributed by atoms with Crippen molar-refractivity contribution in [3.8, 4) is 0 Å². The molecule has 0 bridgehead atoms. The molecule has 0 aliphatic carbocycles. The molecule has 12 heavy (non-hydrogen) atoms. The number of pyridine rings is 1. The molecule has 0 aliphatic heterocycles. The molecule has 64 valence electrons. The van der Waals surface area contributed by atoms with Crippen molar-refractivity contribution in [2.24, 2.45) is 5.73 Å². The highest BCUT2D eigenvalue weighted by Gasteiger charge is 2.05. The Kier molecular flexibility index (Phi) is 3.00. The van der Waals surface area contributed by atoms with Crippen LogP contribution in [0, 0.1) is 6.92 Å². The Morgan fingerprint density at radius 2 is 2.50 bits per heavy atom. The molecule has 0 amide bonds. The number of nitrogens with two attached hydrogens (primary N) is 1. The van der Waals surface area contributed by atoms with E-state index in [1.165, 1.54) is 5.56 Å². The third kappa shape index (κ3) is 1.92. The van der Waals surface area contributed by atoms with Gasteiger partial charge < -0.3 is 5.73 Å². The van der Waals surface area contributed by atoms with Gasteiger partial charge in [0, 0.05) is 18.4 Å². The average Bonchev–Trinajstić information content (AvgIpc) is 2.05. The standard InChI is InChI=1S/C10H14N2/c1-3-4-10(11)9-7-12-6-5-8(9)2/h3,5-7,10H,1,4,11H2,2H3. The van der Waals surface area contributed by atoms with Gasteiger partial charge in [-0.2, -0.15) is 0 Å². The van der Waals surface area contributed by atoms with E-state index in [1.807, 2.05) is 25.3 Å². The van der Waals surface area contributed by atoms with Crippen LogP contribution >= 0.6 is 0 Å². The molecular formula is C10H14N2. The minimum Gasteiger partial charge on any atom is -0.324 e. The first kappa shape index (κ1) is 8.94. The highest BCUT2D eigenvalue weighted by molar-refractivity contribution is 5.24. The topological polar surface area (TPSA) is 38.9 Å². The molecule has 1 rings (SSSR count). The summed E-state index contributed by atoms with van der Waals surface area (Å²) in [6.07, 6.45) is 6.23. The Balaban J connectivity index is 2.86. The van der Waals surface area contributed by atoms with Crippen LogP contribution in [0.5, 0.6) is 0 Å². The van der Waals surface area contributed by atoms with Crippen molar-refractivity contribution in [1.82, 2.24) is 4.98 Å². The molecule has 1 atom stereocenters. The number of hydrogen-bond acceptors (Lipinski definition) is 2. The van der Waals surface area contributed by atoms with E-state index >= 15 is 0 Å². The van der Waals surface area contributed by atoms with Gasteiger partial charge in [0.05, 0.1) is 0 Å². The zero-order valence-corrected chi connectivity index (χ0v) is 7.33. The van der Waals surface area contributed by atoms with Crippen molar-refractivity contribution < 1.29 is 0 Å². The molecule has 0 spiro atoms. The third-order valence-electron chi connectivity index (χ3n) is 1.90. The molecular weight excluding hydrogens is 148 g/mol. The summed E-state index contributed by atoms with van der Waals surface area (Å²) in [5, 5.41) is 0. The van der Waals surface area contributed by atoms with Gasteiger partial charge >= 0.3 is 0 Å². The summed E-state index contributed by atoms with van der Waals surface area (Å²) in [6.45, 7) is 5.70. The second-order valence-corrected chi connectivity index (χ2v) is 2.86. The molecule has 0 aliphatic rings.